The molecular weight excluding hydrogens is 314 g/mol. The van der Waals surface area contributed by atoms with Gasteiger partial charge in [-0.2, -0.15) is 0 Å². The quantitative estimate of drug-likeness (QED) is 0.791. The second-order valence-corrected chi connectivity index (χ2v) is 7.25. The van der Waals surface area contributed by atoms with Gasteiger partial charge in [-0.1, -0.05) is 20.3 Å². The number of nitrogens with one attached hydrogen (secondary N) is 1. The van der Waals surface area contributed by atoms with Crippen LogP contribution in [0.15, 0.2) is 28.9 Å². The third-order valence-electron chi connectivity index (χ3n) is 4.44. The van der Waals surface area contributed by atoms with Gasteiger partial charge in [-0.15, -0.1) is 0 Å². The standard InChI is InChI=1S/C16H20BrN3/c1-16(2)7-3-4-14(16)20-13-6-5-12(18)11-8-10(17)9-19-15(11)13/h5-6,8-9,14,20H,3-4,7,18H2,1-2H3. The molecule has 3 rings (SSSR count). The third-order valence-corrected chi connectivity index (χ3v) is 4.87. The van der Waals surface area contributed by atoms with E-state index in [1.807, 2.05) is 24.4 Å². The fourth-order valence-corrected chi connectivity index (χ4v) is 3.45. The zero-order valence-electron chi connectivity index (χ0n) is 11.9. The smallest absolute Gasteiger partial charge is 0.0954 e. The number of rotatable bonds is 2. The zero-order chi connectivity index (χ0) is 14.3. The van der Waals surface area contributed by atoms with Gasteiger partial charge in [0.15, 0.2) is 0 Å². The summed E-state index contributed by atoms with van der Waals surface area (Å²) in [6, 6.07) is 6.54. The Kier molecular flexibility index (Phi) is 3.36. The minimum absolute atomic E-state index is 0.336. The maximum absolute atomic E-state index is 6.07. The van der Waals surface area contributed by atoms with Gasteiger partial charge in [0.05, 0.1) is 11.2 Å². The highest BCUT2D eigenvalue weighted by Gasteiger charge is 2.34. The number of hydrogen-bond acceptors (Lipinski definition) is 3. The normalized spacial score (nSPS) is 21.2. The molecule has 1 aliphatic rings. The Bertz CT molecular complexity index is 651. The lowest BCUT2D eigenvalue weighted by Crippen LogP contribution is -2.30. The predicted octanol–water partition coefficient (Wildman–Crippen LogP) is 4.57. The van der Waals surface area contributed by atoms with Crippen LogP contribution < -0.4 is 11.1 Å². The number of fused-ring (bicyclic) bond motifs is 1. The summed E-state index contributed by atoms with van der Waals surface area (Å²) >= 11 is 3.46. The minimum Gasteiger partial charge on any atom is -0.398 e. The molecule has 3 nitrogen and oxygen atoms in total. The van der Waals surface area contributed by atoms with Gasteiger partial charge in [-0.25, -0.2) is 0 Å². The van der Waals surface area contributed by atoms with Crippen molar-refractivity contribution in [3.05, 3.63) is 28.9 Å². The highest BCUT2D eigenvalue weighted by molar-refractivity contribution is 9.10. The molecule has 1 aromatic carbocycles. The summed E-state index contributed by atoms with van der Waals surface area (Å²) in [5.74, 6) is 0. The van der Waals surface area contributed by atoms with E-state index in [2.05, 4.69) is 40.1 Å². The first-order valence-electron chi connectivity index (χ1n) is 7.08. The lowest BCUT2D eigenvalue weighted by molar-refractivity contribution is 0.350. The van der Waals surface area contributed by atoms with E-state index in [-0.39, 0.29) is 0 Å². The molecule has 0 amide bonds. The van der Waals surface area contributed by atoms with Gasteiger partial charge in [0.2, 0.25) is 0 Å². The summed E-state index contributed by atoms with van der Waals surface area (Å²) in [6.07, 6.45) is 5.61. The molecule has 1 unspecified atom stereocenters. The Hall–Kier alpha value is -1.29. The van der Waals surface area contributed by atoms with E-state index >= 15 is 0 Å². The van der Waals surface area contributed by atoms with E-state index in [0.29, 0.717) is 11.5 Å². The number of pyridine rings is 1. The molecule has 1 aromatic heterocycles. The van der Waals surface area contributed by atoms with Crippen molar-refractivity contribution in [2.75, 3.05) is 11.1 Å². The largest absolute Gasteiger partial charge is 0.398 e. The molecule has 0 bridgehead atoms. The van der Waals surface area contributed by atoms with Gasteiger partial charge >= 0.3 is 0 Å². The van der Waals surface area contributed by atoms with Crippen LogP contribution in [0.5, 0.6) is 0 Å². The summed E-state index contributed by atoms with van der Waals surface area (Å²) in [4.78, 5) is 4.54. The fraction of sp³-hybridized carbons (Fsp3) is 0.438. The van der Waals surface area contributed by atoms with Crippen LogP contribution in [0, 0.1) is 5.41 Å². The van der Waals surface area contributed by atoms with E-state index in [4.69, 9.17) is 5.73 Å². The maximum Gasteiger partial charge on any atom is 0.0954 e. The summed E-state index contributed by atoms with van der Waals surface area (Å²) < 4.78 is 0.954. The molecule has 0 aliphatic heterocycles. The summed E-state index contributed by atoms with van der Waals surface area (Å²) in [7, 11) is 0. The molecule has 1 aliphatic carbocycles. The highest BCUT2D eigenvalue weighted by Crippen LogP contribution is 2.40. The van der Waals surface area contributed by atoms with Crippen LogP contribution in [0.3, 0.4) is 0 Å². The number of benzene rings is 1. The average Bonchev–Trinajstić information content (AvgIpc) is 2.72. The van der Waals surface area contributed by atoms with Crippen LogP contribution in [0.25, 0.3) is 10.9 Å². The second kappa shape index (κ2) is 4.92. The predicted molar refractivity (Wildman–Crippen MR) is 88.9 cm³/mol. The fourth-order valence-electron chi connectivity index (χ4n) is 3.11. The van der Waals surface area contributed by atoms with Crippen molar-refractivity contribution in [3.63, 3.8) is 0 Å². The van der Waals surface area contributed by atoms with Gasteiger partial charge in [-0.05, 0) is 52.4 Å². The number of hydrogen-bond donors (Lipinski definition) is 2. The van der Waals surface area contributed by atoms with Gasteiger partial charge in [0.25, 0.3) is 0 Å². The van der Waals surface area contributed by atoms with Crippen molar-refractivity contribution < 1.29 is 0 Å². The first-order chi connectivity index (χ1) is 9.47. The zero-order valence-corrected chi connectivity index (χ0v) is 13.5. The Labute approximate surface area is 128 Å². The number of nitrogen functional groups attached to an aromatic ring is 1. The minimum atomic E-state index is 0.336. The topological polar surface area (TPSA) is 50.9 Å². The van der Waals surface area contributed by atoms with Gasteiger partial charge < -0.3 is 11.1 Å². The van der Waals surface area contributed by atoms with Gasteiger partial charge in [-0.3, -0.25) is 4.98 Å². The summed E-state index contributed by atoms with van der Waals surface area (Å²) in [5, 5.41) is 4.69. The van der Waals surface area contributed by atoms with Gasteiger partial charge in [0, 0.05) is 27.8 Å². The monoisotopic (exact) mass is 333 g/mol. The van der Waals surface area contributed by atoms with Crippen LogP contribution >= 0.6 is 15.9 Å². The van der Waals surface area contributed by atoms with E-state index in [9.17, 15) is 0 Å². The van der Waals surface area contributed by atoms with Crippen molar-refractivity contribution in [2.24, 2.45) is 5.41 Å². The Morgan fingerprint density at radius 3 is 2.90 bits per heavy atom. The molecule has 1 fully saturated rings. The third kappa shape index (κ3) is 2.37. The summed E-state index contributed by atoms with van der Waals surface area (Å²) in [6.45, 7) is 4.67. The van der Waals surface area contributed by atoms with Crippen molar-refractivity contribution >= 4 is 38.2 Å². The first-order valence-corrected chi connectivity index (χ1v) is 7.87. The molecule has 0 saturated heterocycles. The molecule has 0 spiro atoms. The Morgan fingerprint density at radius 2 is 2.20 bits per heavy atom. The molecule has 1 heterocycles. The van der Waals surface area contributed by atoms with E-state index in [0.717, 1.165) is 26.8 Å². The highest BCUT2D eigenvalue weighted by atomic mass is 79.9. The molecule has 0 radical (unpaired) electrons. The number of halogens is 1. The van der Waals surface area contributed by atoms with Crippen LogP contribution in [0.4, 0.5) is 11.4 Å². The molecule has 3 N–H and O–H groups in total. The lowest BCUT2D eigenvalue weighted by atomic mass is 9.87. The number of nitrogens with zero attached hydrogens (tertiary/aromatic N) is 1. The number of anilines is 2. The van der Waals surface area contributed by atoms with Gasteiger partial charge in [0.1, 0.15) is 0 Å². The first kappa shape index (κ1) is 13.7. The lowest BCUT2D eigenvalue weighted by Gasteiger charge is -2.29. The summed E-state index contributed by atoms with van der Waals surface area (Å²) in [5.41, 5.74) is 9.21. The van der Waals surface area contributed by atoms with Crippen molar-refractivity contribution in [3.8, 4) is 0 Å². The van der Waals surface area contributed by atoms with E-state index in [1.54, 1.807) is 0 Å². The molecule has 20 heavy (non-hydrogen) atoms. The van der Waals surface area contributed by atoms with Crippen LogP contribution in [-0.2, 0) is 0 Å². The molecule has 1 atom stereocenters. The SMILES string of the molecule is CC1(C)CCCC1Nc1ccc(N)c2cc(Br)cnc12. The van der Waals surface area contributed by atoms with Crippen molar-refractivity contribution in [1.29, 1.82) is 0 Å². The number of aromatic nitrogens is 1. The second-order valence-electron chi connectivity index (χ2n) is 6.33. The molecular formula is C16H20BrN3. The van der Waals surface area contributed by atoms with Crippen molar-refractivity contribution in [1.82, 2.24) is 4.98 Å². The number of nitrogens with two attached hydrogens (primary N) is 1. The van der Waals surface area contributed by atoms with Crippen LogP contribution in [0.2, 0.25) is 0 Å². The molecule has 2 aromatic rings. The molecule has 1 saturated carbocycles. The van der Waals surface area contributed by atoms with Crippen LogP contribution in [-0.4, -0.2) is 11.0 Å². The maximum atomic E-state index is 6.07. The molecule has 106 valence electrons. The molecule has 4 heteroatoms. The van der Waals surface area contributed by atoms with E-state index < -0.39 is 0 Å². The van der Waals surface area contributed by atoms with Crippen LogP contribution in [0.1, 0.15) is 33.1 Å². The van der Waals surface area contributed by atoms with E-state index in [1.165, 1.54) is 19.3 Å². The Balaban J connectivity index is 2.02. The van der Waals surface area contributed by atoms with Crippen molar-refractivity contribution in [2.45, 2.75) is 39.2 Å². The average molecular weight is 334 g/mol. The Morgan fingerprint density at radius 1 is 1.40 bits per heavy atom.